The quantitative estimate of drug-likeness (QED) is 0.415. The van der Waals surface area contributed by atoms with Crippen molar-refractivity contribution in [2.75, 3.05) is 5.32 Å². The molecule has 3 heterocycles. The Labute approximate surface area is 181 Å². The molecule has 3 aromatic heterocycles. The van der Waals surface area contributed by atoms with Gasteiger partial charge in [0.05, 0.1) is 18.1 Å². The number of rotatable bonds is 7. The zero-order valence-corrected chi connectivity index (χ0v) is 17.8. The molecule has 0 aliphatic carbocycles. The number of thioether (sulfide) groups is 1. The maximum absolute atomic E-state index is 12.6. The summed E-state index contributed by atoms with van der Waals surface area (Å²) in [5.41, 5.74) is 0.862. The fraction of sp³-hybridized carbons (Fsp3) is 0.200. The van der Waals surface area contributed by atoms with Crippen LogP contribution in [0.2, 0.25) is 5.02 Å². The largest absolute Gasteiger partial charge is 0.467 e. The van der Waals surface area contributed by atoms with Crippen molar-refractivity contribution in [2.24, 2.45) is 0 Å². The molecule has 1 N–H and O–H groups in total. The first-order valence-corrected chi connectivity index (χ1v) is 10.4. The summed E-state index contributed by atoms with van der Waals surface area (Å²) < 4.78 is 12.4. The first-order chi connectivity index (χ1) is 14.5. The van der Waals surface area contributed by atoms with Crippen molar-refractivity contribution in [2.45, 2.75) is 30.8 Å². The highest BCUT2D eigenvalue weighted by Gasteiger charge is 2.22. The van der Waals surface area contributed by atoms with Crippen molar-refractivity contribution in [3.8, 4) is 11.4 Å². The van der Waals surface area contributed by atoms with Crippen LogP contribution in [0.3, 0.4) is 0 Å². The molecule has 1 atom stereocenters. The first-order valence-electron chi connectivity index (χ1n) is 9.12. The van der Waals surface area contributed by atoms with Crippen LogP contribution in [0.5, 0.6) is 0 Å². The Morgan fingerprint density at radius 1 is 1.27 bits per heavy atom. The average molecular weight is 444 g/mol. The molecule has 0 aliphatic rings. The number of benzene rings is 1. The normalized spacial score (nSPS) is 12.1. The molecule has 0 saturated heterocycles. The summed E-state index contributed by atoms with van der Waals surface area (Å²) >= 11 is 7.31. The molecular weight excluding hydrogens is 426 g/mol. The summed E-state index contributed by atoms with van der Waals surface area (Å²) in [6.07, 6.45) is 1.62. The molecule has 0 saturated carbocycles. The van der Waals surface area contributed by atoms with Gasteiger partial charge in [-0.15, -0.1) is 10.2 Å². The molecule has 1 aromatic carbocycles. The minimum absolute atomic E-state index is 0.214. The number of aryl methyl sites for hydroxylation is 1. The lowest BCUT2D eigenvalue weighted by atomic mass is 10.2. The molecule has 8 nitrogen and oxygen atoms in total. The van der Waals surface area contributed by atoms with Gasteiger partial charge in [0.2, 0.25) is 5.91 Å². The van der Waals surface area contributed by atoms with E-state index in [9.17, 15) is 4.79 Å². The van der Waals surface area contributed by atoms with E-state index in [1.54, 1.807) is 38.3 Å². The molecule has 4 rings (SSSR count). The summed E-state index contributed by atoms with van der Waals surface area (Å²) in [7, 11) is 0. The lowest BCUT2D eigenvalue weighted by molar-refractivity contribution is -0.115. The number of hydrogen-bond acceptors (Lipinski definition) is 7. The van der Waals surface area contributed by atoms with Crippen LogP contribution >= 0.6 is 23.4 Å². The van der Waals surface area contributed by atoms with Crippen molar-refractivity contribution in [1.82, 2.24) is 19.9 Å². The van der Waals surface area contributed by atoms with E-state index in [1.807, 2.05) is 28.8 Å². The number of halogens is 1. The minimum Gasteiger partial charge on any atom is -0.467 e. The van der Waals surface area contributed by atoms with Crippen molar-refractivity contribution in [3.05, 3.63) is 65.3 Å². The summed E-state index contributed by atoms with van der Waals surface area (Å²) in [5.74, 6) is 2.20. The van der Waals surface area contributed by atoms with E-state index in [1.165, 1.54) is 11.8 Å². The van der Waals surface area contributed by atoms with Gasteiger partial charge in [-0.3, -0.25) is 9.36 Å². The molecule has 0 spiro atoms. The van der Waals surface area contributed by atoms with Crippen LogP contribution in [0.1, 0.15) is 18.4 Å². The average Bonchev–Trinajstić information content (AvgIpc) is 3.46. The minimum atomic E-state index is -0.445. The maximum Gasteiger partial charge on any atom is 0.238 e. The highest BCUT2D eigenvalue weighted by Crippen LogP contribution is 2.29. The summed E-state index contributed by atoms with van der Waals surface area (Å²) in [5, 5.41) is 16.0. The molecule has 0 fully saturated rings. The van der Waals surface area contributed by atoms with E-state index in [2.05, 4.69) is 20.7 Å². The van der Waals surface area contributed by atoms with Crippen LogP contribution in [-0.2, 0) is 11.3 Å². The number of nitrogens with zero attached hydrogens (tertiary/aromatic N) is 4. The number of aromatic nitrogens is 4. The lowest BCUT2D eigenvalue weighted by Crippen LogP contribution is -2.23. The topological polar surface area (TPSA) is 99.0 Å². The number of amides is 1. The van der Waals surface area contributed by atoms with Gasteiger partial charge in [0, 0.05) is 16.7 Å². The van der Waals surface area contributed by atoms with Gasteiger partial charge in [-0.1, -0.05) is 28.5 Å². The van der Waals surface area contributed by atoms with Gasteiger partial charge in [0.1, 0.15) is 11.5 Å². The van der Waals surface area contributed by atoms with Crippen LogP contribution < -0.4 is 5.32 Å². The van der Waals surface area contributed by atoms with Gasteiger partial charge in [0.15, 0.2) is 16.8 Å². The Bertz CT molecular complexity index is 1140. The fourth-order valence-corrected chi connectivity index (χ4v) is 3.73. The van der Waals surface area contributed by atoms with Crippen LogP contribution in [0.25, 0.3) is 11.4 Å². The Balaban J connectivity index is 1.58. The van der Waals surface area contributed by atoms with Crippen molar-refractivity contribution < 1.29 is 13.7 Å². The number of furan rings is 1. The predicted octanol–water partition coefficient (Wildman–Crippen LogP) is 4.66. The summed E-state index contributed by atoms with van der Waals surface area (Å²) in [6, 6.07) is 12.7. The van der Waals surface area contributed by atoms with E-state index >= 15 is 0 Å². The Hall–Kier alpha value is -3.04. The van der Waals surface area contributed by atoms with E-state index in [0.29, 0.717) is 34.1 Å². The second kappa shape index (κ2) is 8.76. The van der Waals surface area contributed by atoms with Gasteiger partial charge in [-0.25, -0.2) is 0 Å². The lowest BCUT2D eigenvalue weighted by Gasteiger charge is -2.12. The third kappa shape index (κ3) is 4.58. The van der Waals surface area contributed by atoms with Crippen LogP contribution in [0.15, 0.2) is 62.8 Å². The van der Waals surface area contributed by atoms with Gasteiger partial charge < -0.3 is 14.3 Å². The standard InChI is InChI=1S/C20H18ClN5O3S/c1-12-10-17(25-29-12)22-19(27)13(2)30-20-24-23-18(14-5-7-15(21)8-6-14)26(20)11-16-4-3-9-28-16/h3-10,13H,11H2,1-2H3,(H,22,25,27). The number of anilines is 1. The number of hydrogen-bond donors (Lipinski definition) is 1. The molecule has 0 bridgehead atoms. The Kier molecular flexibility index (Phi) is 5.91. The third-order valence-corrected chi connectivity index (χ3v) is 5.58. The molecule has 4 aromatic rings. The van der Waals surface area contributed by atoms with Crippen LogP contribution in [0.4, 0.5) is 5.82 Å². The van der Waals surface area contributed by atoms with Crippen LogP contribution in [-0.4, -0.2) is 31.1 Å². The highest BCUT2D eigenvalue weighted by molar-refractivity contribution is 8.00. The molecule has 1 amide bonds. The molecule has 154 valence electrons. The van der Waals surface area contributed by atoms with Gasteiger partial charge >= 0.3 is 0 Å². The summed E-state index contributed by atoms with van der Waals surface area (Å²) in [4.78, 5) is 12.6. The molecule has 30 heavy (non-hydrogen) atoms. The van der Waals surface area contributed by atoms with Crippen molar-refractivity contribution in [1.29, 1.82) is 0 Å². The molecule has 1 unspecified atom stereocenters. The zero-order valence-electron chi connectivity index (χ0n) is 16.2. The highest BCUT2D eigenvalue weighted by atomic mass is 35.5. The number of carbonyl (C=O) groups excluding carboxylic acids is 1. The Morgan fingerprint density at radius 2 is 2.07 bits per heavy atom. The number of carbonyl (C=O) groups is 1. The molecule has 10 heteroatoms. The van der Waals surface area contributed by atoms with Crippen molar-refractivity contribution >= 4 is 35.1 Å². The van der Waals surface area contributed by atoms with E-state index in [4.69, 9.17) is 20.5 Å². The second-order valence-corrected chi connectivity index (χ2v) is 8.30. The fourth-order valence-electron chi connectivity index (χ4n) is 2.75. The maximum atomic E-state index is 12.6. The van der Waals surface area contributed by atoms with Gasteiger partial charge in [0.25, 0.3) is 0 Å². The summed E-state index contributed by atoms with van der Waals surface area (Å²) in [6.45, 7) is 3.98. The first kappa shape index (κ1) is 20.2. The monoisotopic (exact) mass is 443 g/mol. The van der Waals surface area contributed by atoms with E-state index < -0.39 is 5.25 Å². The van der Waals surface area contributed by atoms with E-state index in [0.717, 1.165) is 11.3 Å². The zero-order chi connectivity index (χ0) is 21.1. The predicted molar refractivity (Wildman–Crippen MR) is 113 cm³/mol. The SMILES string of the molecule is Cc1cc(NC(=O)C(C)Sc2nnc(-c3ccc(Cl)cc3)n2Cc2ccco2)no1. The van der Waals surface area contributed by atoms with Crippen LogP contribution in [0, 0.1) is 6.92 Å². The molecular formula is C20H18ClN5O3S. The number of nitrogens with one attached hydrogen (secondary N) is 1. The Morgan fingerprint density at radius 3 is 2.73 bits per heavy atom. The van der Waals surface area contributed by atoms with Gasteiger partial charge in [-0.05, 0) is 50.2 Å². The third-order valence-electron chi connectivity index (χ3n) is 4.24. The second-order valence-electron chi connectivity index (χ2n) is 6.55. The molecule has 0 aliphatic heterocycles. The van der Waals surface area contributed by atoms with Gasteiger partial charge in [-0.2, -0.15) is 0 Å². The molecule has 0 radical (unpaired) electrons. The van der Waals surface area contributed by atoms with Crippen molar-refractivity contribution in [3.63, 3.8) is 0 Å². The van der Waals surface area contributed by atoms with E-state index in [-0.39, 0.29) is 5.91 Å². The smallest absolute Gasteiger partial charge is 0.238 e.